The number of ether oxygens (including phenoxy) is 3. The van der Waals surface area contributed by atoms with Crippen LogP contribution in [0.25, 0.3) is 0 Å². The topological polar surface area (TPSA) is 70.8 Å². The van der Waals surface area contributed by atoms with Gasteiger partial charge >= 0.3 is 12.3 Å². The molecule has 1 rings (SSSR count). The van der Waals surface area contributed by atoms with Crippen LogP contribution in [0.5, 0.6) is 5.75 Å². The van der Waals surface area contributed by atoms with Gasteiger partial charge in [0.15, 0.2) is 6.10 Å². The molecule has 1 atom stereocenters. The van der Waals surface area contributed by atoms with Gasteiger partial charge in [-0.05, 0) is 12.1 Å². The summed E-state index contributed by atoms with van der Waals surface area (Å²) in [4.78, 5) is 10.7. The van der Waals surface area contributed by atoms with Gasteiger partial charge in [0.1, 0.15) is 19.0 Å². The maximum absolute atomic E-state index is 12.8. The summed E-state index contributed by atoms with van der Waals surface area (Å²) in [6, 6.07) is 4.67. The number of terminal acetylenes is 1. The Balaban J connectivity index is 2.72. The van der Waals surface area contributed by atoms with E-state index in [-0.39, 0.29) is 25.6 Å². The summed E-state index contributed by atoms with van der Waals surface area (Å²) < 4.78 is 53.1. The fourth-order valence-electron chi connectivity index (χ4n) is 1.54. The Bertz CT molecular complexity index is 540. The molecule has 0 aliphatic rings. The van der Waals surface area contributed by atoms with E-state index in [0.717, 1.165) is 12.1 Å². The van der Waals surface area contributed by atoms with E-state index in [9.17, 15) is 18.0 Å². The van der Waals surface area contributed by atoms with Crippen LogP contribution in [-0.4, -0.2) is 32.0 Å². The van der Waals surface area contributed by atoms with Crippen molar-refractivity contribution in [2.45, 2.75) is 12.3 Å². The third kappa shape index (κ3) is 5.93. The van der Waals surface area contributed by atoms with Crippen molar-refractivity contribution in [1.29, 1.82) is 0 Å². The zero-order chi connectivity index (χ0) is 16.6. The number of alkyl halides is 3. The molecule has 0 saturated carbocycles. The Morgan fingerprint density at radius 2 is 2.00 bits per heavy atom. The summed E-state index contributed by atoms with van der Waals surface area (Å²) in [5.74, 6) is 1.81. The molecule has 2 N–H and O–H groups in total. The summed E-state index contributed by atoms with van der Waals surface area (Å²) in [5, 5.41) is 0. The first kappa shape index (κ1) is 17.7. The number of amides is 1. The van der Waals surface area contributed by atoms with E-state index in [1.165, 1.54) is 12.1 Å². The van der Waals surface area contributed by atoms with Gasteiger partial charge in [-0.25, -0.2) is 4.79 Å². The highest BCUT2D eigenvalue weighted by atomic mass is 19.4. The van der Waals surface area contributed by atoms with Gasteiger partial charge in [0.05, 0.1) is 12.2 Å². The molecule has 0 fully saturated rings. The lowest BCUT2D eigenvalue weighted by atomic mass is 10.2. The molecule has 1 aromatic rings. The van der Waals surface area contributed by atoms with Crippen molar-refractivity contribution in [2.75, 3.05) is 19.8 Å². The predicted octanol–water partition coefficient (Wildman–Crippen LogP) is 2.20. The number of para-hydroxylation sites is 1. The van der Waals surface area contributed by atoms with Gasteiger partial charge in [-0.15, -0.1) is 6.42 Å². The monoisotopic (exact) mass is 317 g/mol. The van der Waals surface area contributed by atoms with E-state index < -0.39 is 23.9 Å². The molecule has 22 heavy (non-hydrogen) atoms. The molecule has 0 spiro atoms. The summed E-state index contributed by atoms with van der Waals surface area (Å²) in [7, 11) is 0. The van der Waals surface area contributed by atoms with Crippen molar-refractivity contribution in [1.82, 2.24) is 0 Å². The van der Waals surface area contributed by atoms with Gasteiger partial charge in [0, 0.05) is 0 Å². The minimum Gasteiger partial charge on any atom is -0.489 e. The highest BCUT2D eigenvalue weighted by Crippen LogP contribution is 2.35. The summed E-state index contributed by atoms with van der Waals surface area (Å²) >= 11 is 0. The van der Waals surface area contributed by atoms with Gasteiger partial charge in [-0.3, -0.25) is 0 Å². The highest BCUT2D eigenvalue weighted by Gasteiger charge is 2.34. The quantitative estimate of drug-likeness (QED) is 0.618. The normalized spacial score (nSPS) is 12.3. The predicted molar refractivity (Wildman–Crippen MR) is 71.0 cm³/mol. The third-order valence-electron chi connectivity index (χ3n) is 2.39. The van der Waals surface area contributed by atoms with Gasteiger partial charge < -0.3 is 19.9 Å². The largest absolute Gasteiger partial charge is 0.489 e. The van der Waals surface area contributed by atoms with E-state index in [0.29, 0.717) is 0 Å². The average molecular weight is 317 g/mol. The zero-order valence-corrected chi connectivity index (χ0v) is 11.4. The van der Waals surface area contributed by atoms with Crippen LogP contribution in [0.3, 0.4) is 0 Å². The van der Waals surface area contributed by atoms with Crippen LogP contribution >= 0.6 is 0 Å². The second-order valence-electron chi connectivity index (χ2n) is 4.08. The molecule has 0 heterocycles. The molecule has 0 bridgehead atoms. The molecule has 0 aliphatic carbocycles. The Kier molecular flexibility index (Phi) is 6.53. The number of hydrogen-bond acceptors (Lipinski definition) is 4. The van der Waals surface area contributed by atoms with Crippen LogP contribution in [0.4, 0.5) is 18.0 Å². The maximum atomic E-state index is 12.8. The van der Waals surface area contributed by atoms with Crippen LogP contribution < -0.4 is 10.5 Å². The number of carbonyl (C=O) groups excluding carboxylic acids is 1. The van der Waals surface area contributed by atoms with E-state index in [2.05, 4.69) is 10.7 Å². The fraction of sp³-hybridized carbons (Fsp3) is 0.357. The minimum absolute atomic E-state index is 0.0439. The van der Waals surface area contributed by atoms with E-state index in [4.69, 9.17) is 21.6 Å². The number of halogens is 3. The molecule has 5 nitrogen and oxygen atoms in total. The molecule has 0 aromatic heterocycles. The minimum atomic E-state index is -4.56. The standard InChI is InChI=1S/C14H14F3NO4/c1-2-7-20-8-10(22-13(18)19)9-21-12-6-4-3-5-11(12)14(15,16)17/h1,3-6,10H,7-9H2,(H2,18,19). The molecule has 120 valence electrons. The molecular formula is C14H14F3NO4. The van der Waals surface area contributed by atoms with Gasteiger partial charge in [-0.2, -0.15) is 13.2 Å². The van der Waals surface area contributed by atoms with E-state index in [1.807, 2.05) is 0 Å². The molecule has 0 radical (unpaired) electrons. The van der Waals surface area contributed by atoms with E-state index in [1.54, 1.807) is 0 Å². The number of hydrogen-bond donors (Lipinski definition) is 1. The Morgan fingerprint density at radius 3 is 2.59 bits per heavy atom. The second kappa shape index (κ2) is 8.14. The molecule has 1 aromatic carbocycles. The fourth-order valence-corrected chi connectivity index (χ4v) is 1.54. The van der Waals surface area contributed by atoms with Crippen LogP contribution in [0.2, 0.25) is 0 Å². The first-order valence-corrected chi connectivity index (χ1v) is 6.11. The number of nitrogens with two attached hydrogens (primary N) is 1. The molecular weight excluding hydrogens is 303 g/mol. The van der Waals surface area contributed by atoms with Crippen LogP contribution in [0.1, 0.15) is 5.56 Å². The van der Waals surface area contributed by atoms with Crippen molar-refractivity contribution < 1.29 is 32.2 Å². The van der Waals surface area contributed by atoms with Crippen molar-refractivity contribution in [3.8, 4) is 18.1 Å². The van der Waals surface area contributed by atoms with Gasteiger partial charge in [0.25, 0.3) is 0 Å². The number of primary amides is 1. The van der Waals surface area contributed by atoms with Crippen LogP contribution in [0.15, 0.2) is 24.3 Å². The van der Waals surface area contributed by atoms with Crippen LogP contribution in [0, 0.1) is 12.3 Å². The van der Waals surface area contributed by atoms with Crippen molar-refractivity contribution >= 4 is 6.09 Å². The number of rotatable bonds is 7. The number of carbonyl (C=O) groups is 1. The van der Waals surface area contributed by atoms with Gasteiger partial charge in [-0.1, -0.05) is 18.1 Å². The summed E-state index contributed by atoms with van der Waals surface area (Å²) in [6.07, 6.45) is -1.65. The Morgan fingerprint density at radius 1 is 1.32 bits per heavy atom. The lowest BCUT2D eigenvalue weighted by Crippen LogP contribution is -2.32. The lowest BCUT2D eigenvalue weighted by molar-refractivity contribution is -0.139. The third-order valence-corrected chi connectivity index (χ3v) is 2.39. The SMILES string of the molecule is C#CCOCC(COc1ccccc1C(F)(F)F)OC(N)=O. The Labute approximate surface area is 125 Å². The van der Waals surface area contributed by atoms with E-state index >= 15 is 0 Å². The average Bonchev–Trinajstić information content (AvgIpc) is 2.43. The van der Waals surface area contributed by atoms with Crippen LogP contribution in [-0.2, 0) is 15.7 Å². The second-order valence-corrected chi connectivity index (χ2v) is 4.08. The summed E-state index contributed by atoms with van der Waals surface area (Å²) in [6.45, 7) is -0.556. The maximum Gasteiger partial charge on any atom is 0.419 e. The van der Waals surface area contributed by atoms with Crippen molar-refractivity contribution in [3.63, 3.8) is 0 Å². The first-order chi connectivity index (χ1) is 10.3. The Hall–Kier alpha value is -2.40. The molecule has 8 heteroatoms. The lowest BCUT2D eigenvalue weighted by Gasteiger charge is -2.19. The molecule has 1 unspecified atom stereocenters. The smallest absolute Gasteiger partial charge is 0.419 e. The molecule has 0 saturated heterocycles. The number of benzene rings is 1. The summed E-state index contributed by atoms with van der Waals surface area (Å²) in [5.41, 5.74) is 3.94. The first-order valence-electron chi connectivity index (χ1n) is 6.11. The zero-order valence-electron chi connectivity index (χ0n) is 11.4. The van der Waals surface area contributed by atoms with Gasteiger partial charge in [0.2, 0.25) is 0 Å². The molecule has 0 aliphatic heterocycles. The molecule has 1 amide bonds. The van der Waals surface area contributed by atoms with Crippen molar-refractivity contribution in [3.05, 3.63) is 29.8 Å². The van der Waals surface area contributed by atoms with Crippen molar-refractivity contribution in [2.24, 2.45) is 5.73 Å². The highest BCUT2D eigenvalue weighted by molar-refractivity contribution is 5.64.